The van der Waals surface area contributed by atoms with Gasteiger partial charge in [-0.3, -0.25) is 9.59 Å². The van der Waals surface area contributed by atoms with Crippen LogP contribution in [0.5, 0.6) is 0 Å². The van der Waals surface area contributed by atoms with E-state index in [0.717, 1.165) is 53.9 Å². The highest BCUT2D eigenvalue weighted by molar-refractivity contribution is 8.00. The van der Waals surface area contributed by atoms with Crippen LogP contribution in [-0.2, 0) is 11.3 Å². The number of thioether (sulfide) groups is 1. The Morgan fingerprint density at radius 1 is 0.969 bits per heavy atom. The fourth-order valence-corrected chi connectivity index (χ4v) is 4.97. The van der Waals surface area contributed by atoms with Gasteiger partial charge in [0.25, 0.3) is 5.91 Å². The lowest BCUT2D eigenvalue weighted by atomic mass is 10.1. The highest BCUT2D eigenvalue weighted by atomic mass is 32.2. The molecule has 3 aromatic rings. The molecule has 0 radical (unpaired) electrons. The Morgan fingerprint density at radius 2 is 1.69 bits per heavy atom. The highest BCUT2D eigenvalue weighted by Crippen LogP contribution is 2.30. The van der Waals surface area contributed by atoms with Crippen molar-refractivity contribution in [1.29, 1.82) is 0 Å². The fraction of sp³-hybridized carbons (Fsp3) is 0.333. The number of nitrogens with zero attached hydrogens (tertiary/aromatic N) is 2. The van der Waals surface area contributed by atoms with E-state index in [9.17, 15) is 18.4 Å². The highest BCUT2D eigenvalue weighted by Gasteiger charge is 2.19. The number of hydrogen-bond acceptors (Lipinski definition) is 3. The molecule has 0 unspecified atom stereocenters. The minimum Gasteiger partial charge on any atom is -0.350 e. The minimum atomic E-state index is -0.883. The molecule has 2 aromatic carbocycles. The SMILES string of the molecule is O=C(NCCn1cc(SCC(=O)N2CCCCC2)c2ccccc21)c1c(F)cccc1F. The summed E-state index contributed by atoms with van der Waals surface area (Å²) in [6, 6.07) is 11.2. The third kappa shape index (κ3) is 4.96. The molecule has 5 nitrogen and oxygen atoms in total. The van der Waals surface area contributed by atoms with Crippen LogP contribution in [-0.4, -0.2) is 46.7 Å². The number of piperidine rings is 1. The summed E-state index contributed by atoms with van der Waals surface area (Å²) in [5, 5.41) is 3.63. The van der Waals surface area contributed by atoms with Gasteiger partial charge in [-0.25, -0.2) is 8.78 Å². The lowest BCUT2D eigenvalue weighted by Crippen LogP contribution is -2.36. The molecule has 0 aliphatic carbocycles. The zero-order valence-corrected chi connectivity index (χ0v) is 18.5. The predicted octanol–water partition coefficient (Wildman–Crippen LogP) is 4.45. The predicted molar refractivity (Wildman–Crippen MR) is 122 cm³/mol. The number of hydrogen-bond donors (Lipinski definition) is 1. The number of halogens is 2. The largest absolute Gasteiger partial charge is 0.350 e. The summed E-state index contributed by atoms with van der Waals surface area (Å²) in [6.45, 7) is 2.32. The van der Waals surface area contributed by atoms with Gasteiger partial charge in [-0.15, -0.1) is 11.8 Å². The maximum Gasteiger partial charge on any atom is 0.257 e. The molecule has 2 heterocycles. The van der Waals surface area contributed by atoms with Gasteiger partial charge in [-0.1, -0.05) is 24.3 Å². The van der Waals surface area contributed by atoms with Gasteiger partial charge in [0.1, 0.15) is 17.2 Å². The van der Waals surface area contributed by atoms with Gasteiger partial charge in [-0.05, 0) is 37.5 Å². The molecule has 32 heavy (non-hydrogen) atoms. The molecule has 0 saturated carbocycles. The molecule has 1 N–H and O–H groups in total. The van der Waals surface area contributed by atoms with Crippen LogP contribution in [0.25, 0.3) is 10.9 Å². The van der Waals surface area contributed by atoms with Crippen molar-refractivity contribution in [2.75, 3.05) is 25.4 Å². The van der Waals surface area contributed by atoms with Crippen molar-refractivity contribution in [3.8, 4) is 0 Å². The van der Waals surface area contributed by atoms with Gasteiger partial charge in [-0.2, -0.15) is 0 Å². The number of nitrogens with one attached hydrogen (secondary N) is 1. The van der Waals surface area contributed by atoms with E-state index in [2.05, 4.69) is 5.32 Å². The number of carbonyl (C=O) groups excluding carboxylic acids is 2. The van der Waals surface area contributed by atoms with Crippen LogP contribution < -0.4 is 5.32 Å². The minimum absolute atomic E-state index is 0.158. The first-order chi connectivity index (χ1) is 15.5. The van der Waals surface area contributed by atoms with Crippen molar-refractivity contribution in [2.24, 2.45) is 0 Å². The van der Waals surface area contributed by atoms with Crippen molar-refractivity contribution in [2.45, 2.75) is 30.7 Å². The third-order valence-electron chi connectivity index (χ3n) is 5.64. The standard InChI is InChI=1S/C24H25F2N3O2S/c25-18-8-6-9-19(26)23(18)24(31)27-11-14-29-15-21(17-7-2-3-10-20(17)29)32-16-22(30)28-12-4-1-5-13-28/h2-3,6-10,15H,1,4-5,11-14,16H2,(H,27,31). The molecule has 1 aliphatic rings. The van der Waals surface area contributed by atoms with E-state index in [1.807, 2.05) is 39.9 Å². The first-order valence-electron chi connectivity index (χ1n) is 10.8. The normalized spacial score (nSPS) is 14.0. The van der Waals surface area contributed by atoms with Crippen LogP contribution in [0.1, 0.15) is 29.6 Å². The first-order valence-corrected chi connectivity index (χ1v) is 11.7. The monoisotopic (exact) mass is 457 g/mol. The molecule has 8 heteroatoms. The number of amides is 2. The Balaban J connectivity index is 1.41. The summed E-state index contributed by atoms with van der Waals surface area (Å²) in [6.07, 6.45) is 5.29. The molecular formula is C24H25F2N3O2S. The topological polar surface area (TPSA) is 54.3 Å². The van der Waals surface area contributed by atoms with Crippen molar-refractivity contribution in [3.63, 3.8) is 0 Å². The van der Waals surface area contributed by atoms with Gasteiger partial charge in [0.15, 0.2) is 0 Å². The zero-order valence-electron chi connectivity index (χ0n) is 17.7. The van der Waals surface area contributed by atoms with E-state index < -0.39 is 23.1 Å². The second-order valence-electron chi connectivity index (χ2n) is 7.79. The van der Waals surface area contributed by atoms with Crippen LogP contribution in [0.3, 0.4) is 0 Å². The summed E-state index contributed by atoms with van der Waals surface area (Å²) < 4.78 is 29.6. The molecule has 0 atom stereocenters. The second kappa shape index (κ2) is 10.2. The molecule has 0 spiro atoms. The summed E-state index contributed by atoms with van der Waals surface area (Å²) in [5.41, 5.74) is 0.407. The van der Waals surface area contributed by atoms with E-state index in [1.54, 1.807) is 0 Å². The van der Waals surface area contributed by atoms with Crippen molar-refractivity contribution in [1.82, 2.24) is 14.8 Å². The molecule has 1 fully saturated rings. The Labute approximate surface area is 189 Å². The number of benzene rings is 2. The smallest absolute Gasteiger partial charge is 0.257 e. The number of rotatable bonds is 7. The molecule has 1 aromatic heterocycles. The van der Waals surface area contributed by atoms with E-state index in [4.69, 9.17) is 0 Å². The quantitative estimate of drug-likeness (QED) is 0.533. The van der Waals surface area contributed by atoms with Crippen molar-refractivity contribution >= 4 is 34.5 Å². The molecule has 1 saturated heterocycles. The summed E-state index contributed by atoms with van der Waals surface area (Å²) >= 11 is 1.51. The van der Waals surface area contributed by atoms with Crippen LogP contribution in [0, 0.1) is 11.6 Å². The average molecular weight is 458 g/mol. The Kier molecular flexibility index (Phi) is 7.09. The fourth-order valence-electron chi connectivity index (χ4n) is 3.98. The van der Waals surface area contributed by atoms with Gasteiger partial charge >= 0.3 is 0 Å². The zero-order chi connectivity index (χ0) is 22.5. The van der Waals surface area contributed by atoms with E-state index in [-0.39, 0.29) is 12.5 Å². The maximum atomic E-state index is 13.8. The van der Waals surface area contributed by atoms with Crippen molar-refractivity contribution < 1.29 is 18.4 Å². The van der Waals surface area contributed by atoms with E-state index >= 15 is 0 Å². The molecular weight excluding hydrogens is 432 g/mol. The summed E-state index contributed by atoms with van der Waals surface area (Å²) in [7, 11) is 0. The molecule has 1 aliphatic heterocycles. The number of fused-ring (bicyclic) bond motifs is 1. The molecule has 2 amide bonds. The second-order valence-corrected chi connectivity index (χ2v) is 8.80. The first kappa shape index (κ1) is 22.3. The lowest BCUT2D eigenvalue weighted by Gasteiger charge is -2.26. The Hall–Kier alpha value is -2.87. The van der Waals surface area contributed by atoms with Gasteiger partial charge in [0.05, 0.1) is 5.75 Å². The summed E-state index contributed by atoms with van der Waals surface area (Å²) in [5.74, 6) is -2.00. The van der Waals surface area contributed by atoms with E-state index in [1.165, 1.54) is 24.2 Å². The number of aromatic nitrogens is 1. The third-order valence-corrected chi connectivity index (χ3v) is 6.67. The van der Waals surface area contributed by atoms with Gasteiger partial charge in [0.2, 0.25) is 5.91 Å². The maximum absolute atomic E-state index is 13.8. The van der Waals surface area contributed by atoms with Crippen LogP contribution in [0.15, 0.2) is 53.6 Å². The lowest BCUT2D eigenvalue weighted by molar-refractivity contribution is -0.129. The molecule has 168 valence electrons. The summed E-state index contributed by atoms with van der Waals surface area (Å²) in [4.78, 5) is 27.7. The van der Waals surface area contributed by atoms with Crippen LogP contribution in [0.2, 0.25) is 0 Å². The number of likely N-dealkylation sites (tertiary alicyclic amines) is 1. The molecule has 4 rings (SSSR count). The Bertz CT molecular complexity index is 1110. The average Bonchev–Trinajstić information content (AvgIpc) is 3.16. The molecule has 0 bridgehead atoms. The van der Waals surface area contributed by atoms with Crippen LogP contribution >= 0.6 is 11.8 Å². The Morgan fingerprint density at radius 3 is 2.44 bits per heavy atom. The number of carbonyl (C=O) groups is 2. The van der Waals surface area contributed by atoms with Gasteiger partial charge in [0, 0.05) is 48.2 Å². The van der Waals surface area contributed by atoms with Crippen molar-refractivity contribution in [3.05, 3.63) is 65.9 Å². The van der Waals surface area contributed by atoms with Gasteiger partial charge < -0.3 is 14.8 Å². The van der Waals surface area contributed by atoms with Crippen LogP contribution in [0.4, 0.5) is 8.78 Å². The number of para-hydroxylation sites is 1. The van der Waals surface area contributed by atoms with E-state index in [0.29, 0.717) is 12.3 Å².